The lowest BCUT2D eigenvalue weighted by Gasteiger charge is -2.34. The maximum Gasteiger partial charge on any atom is 0.323 e. The molecule has 1 fully saturated rings. The third-order valence-electron chi connectivity index (χ3n) is 15.3. The number of nitrogens with zero attached hydrogens (tertiary/aromatic N) is 5. The number of aliphatic carboxylic acids is 2. The molecule has 1 atom stereocenters. The zero-order valence-corrected chi connectivity index (χ0v) is 55.8. The summed E-state index contributed by atoms with van der Waals surface area (Å²) in [4.78, 5) is 98.8. The van der Waals surface area contributed by atoms with Crippen molar-refractivity contribution in [2.75, 3.05) is 196 Å². The van der Waals surface area contributed by atoms with E-state index in [1.54, 1.807) is 30.9 Å². The van der Waals surface area contributed by atoms with Gasteiger partial charge in [0.1, 0.15) is 37.6 Å². The van der Waals surface area contributed by atoms with Crippen LogP contribution in [0.5, 0.6) is 5.75 Å². The SMILES string of the molecule is Cc1cc(OCCCC(=O)NCCNC(=O)COCCOCCNC(=O)COCCOCCNC(=O)CN2CCN(CC(=O)O)CCN(CCOCO)CCN(CC(O)O)CC2)cc(C)c1S(=O)(=O)NC(CNC(=O)c1ccc(CCc2ccc3c(n2)NCCC3)cc1)C(=O)O. The monoisotopic (exact) mass is 1370 g/mol. The third-order valence-corrected chi connectivity index (χ3v) is 17.0. The first-order chi connectivity index (χ1) is 46.2. The number of carbonyl (C=O) groups is 7. The van der Waals surface area contributed by atoms with Gasteiger partial charge >= 0.3 is 11.9 Å². The van der Waals surface area contributed by atoms with Crippen molar-refractivity contribution in [3.05, 3.63) is 82.0 Å². The second kappa shape index (κ2) is 44.7. The van der Waals surface area contributed by atoms with Crippen molar-refractivity contribution < 1.29 is 95.9 Å². The second-order valence-electron chi connectivity index (χ2n) is 22.9. The number of nitrogens with one attached hydrogen (secondary N) is 7. The van der Waals surface area contributed by atoms with Crippen LogP contribution in [0.1, 0.15) is 57.6 Å². The number of anilines is 1. The Bertz CT molecular complexity index is 2980. The molecule has 0 aliphatic carbocycles. The van der Waals surface area contributed by atoms with Gasteiger partial charge in [0.2, 0.25) is 33.7 Å². The van der Waals surface area contributed by atoms with Crippen molar-refractivity contribution >= 4 is 57.3 Å². The van der Waals surface area contributed by atoms with Crippen LogP contribution in [0.3, 0.4) is 0 Å². The number of ether oxygens (including phenoxy) is 6. The number of aryl methyl sites for hydroxylation is 5. The van der Waals surface area contributed by atoms with Gasteiger partial charge in [-0.25, -0.2) is 13.4 Å². The molecular weight excluding hydrogens is 1280 g/mol. The van der Waals surface area contributed by atoms with E-state index in [0.717, 1.165) is 36.5 Å². The largest absolute Gasteiger partial charge is 0.494 e. The molecule has 0 spiro atoms. The Balaban J connectivity index is 0.834. The van der Waals surface area contributed by atoms with Crippen molar-refractivity contribution in [1.29, 1.82) is 0 Å². The standard InChI is InChI=1S/C63H98N12O20S/c1-46-37-52(38-47(2)60(46)96(88,89)71-53(63(86)87)39-69-62(85)50-10-7-48(8-11-50)9-13-51-14-12-49-5-3-15-68-61(49)70-51)95-29-4-6-54(77)64-16-17-65-56(79)43-92-35-34-91-31-19-67-57(80)44-93-36-33-90-30-18-66-55(78)40-73-24-26-74(41-58(81)82)22-20-72(28-32-94-45-76)21-23-75(27-25-73)42-59(83)84/h7-8,10-12,14,37-38,53,58,71,76,81-82H,3-6,9,13,15-36,39-45H2,1-2H3,(H,64,77)(H,65,79)(H,66,78)(H,67,80)(H,68,70)(H,69,85)(H,83,84)(H,86,87). The van der Waals surface area contributed by atoms with Gasteiger partial charge in [0.15, 0.2) is 6.29 Å². The first kappa shape index (κ1) is 79.6. The number of sulfonamides is 1. The van der Waals surface area contributed by atoms with Crippen LogP contribution in [0, 0.1) is 13.8 Å². The maximum atomic E-state index is 13.6. The fourth-order valence-electron chi connectivity index (χ4n) is 10.3. The van der Waals surface area contributed by atoms with E-state index in [4.69, 9.17) is 38.5 Å². The van der Waals surface area contributed by atoms with Gasteiger partial charge in [0, 0.05) is 122 Å². The van der Waals surface area contributed by atoms with Crippen molar-refractivity contribution in [3.63, 3.8) is 0 Å². The van der Waals surface area contributed by atoms with E-state index < -0.39 is 59.4 Å². The number of aromatic nitrogens is 1. The highest BCUT2D eigenvalue weighted by atomic mass is 32.2. The van der Waals surface area contributed by atoms with Crippen LogP contribution in [0.25, 0.3) is 0 Å². The Morgan fingerprint density at radius 2 is 1.20 bits per heavy atom. The van der Waals surface area contributed by atoms with Crippen molar-refractivity contribution in [1.82, 2.24) is 55.9 Å². The fourth-order valence-corrected chi connectivity index (χ4v) is 11.9. The molecule has 32 nitrogen and oxygen atoms in total. The van der Waals surface area contributed by atoms with E-state index in [1.165, 1.54) is 17.7 Å². The maximum absolute atomic E-state index is 13.6. The first-order valence-corrected chi connectivity index (χ1v) is 33.8. The van der Waals surface area contributed by atoms with Crippen molar-refractivity contribution in [3.8, 4) is 5.75 Å². The number of amides is 5. The molecule has 536 valence electrons. The Hall–Kier alpha value is -7.09. The number of aliphatic hydroxyl groups is 3. The quantitative estimate of drug-likeness (QED) is 0.0202. The molecule has 96 heavy (non-hydrogen) atoms. The molecule has 1 saturated heterocycles. The molecular formula is C63H98N12O20S. The number of β-amino-alcohol motifs (C(OH)–C–C–N with tert-alkyl or cyclic N) is 2. The number of hydrogen-bond donors (Lipinski definition) is 12. The Kier molecular flexibility index (Phi) is 37.0. The lowest BCUT2D eigenvalue weighted by Crippen LogP contribution is -2.50. The summed E-state index contributed by atoms with van der Waals surface area (Å²) in [5, 5.41) is 64.6. The molecule has 1 unspecified atom stereocenters. The number of benzene rings is 2. The topological polar surface area (TPSA) is 420 Å². The smallest absolute Gasteiger partial charge is 0.323 e. The highest BCUT2D eigenvalue weighted by Gasteiger charge is 2.29. The number of carbonyl (C=O) groups excluding carboxylic acids is 5. The summed E-state index contributed by atoms with van der Waals surface area (Å²) in [6.45, 7) is 8.65. The minimum Gasteiger partial charge on any atom is -0.494 e. The highest BCUT2D eigenvalue weighted by Crippen LogP contribution is 2.27. The molecule has 33 heteroatoms. The van der Waals surface area contributed by atoms with Gasteiger partial charge in [-0.2, -0.15) is 4.72 Å². The van der Waals surface area contributed by atoms with E-state index >= 15 is 0 Å². The highest BCUT2D eigenvalue weighted by molar-refractivity contribution is 7.89. The predicted octanol–water partition coefficient (Wildman–Crippen LogP) is -2.72. The minimum atomic E-state index is -4.39. The molecule has 2 aliphatic heterocycles. The van der Waals surface area contributed by atoms with Gasteiger partial charge in [-0.15, -0.1) is 0 Å². The number of hydrogen-bond acceptors (Lipinski definition) is 24. The van der Waals surface area contributed by atoms with E-state index in [9.17, 15) is 62.4 Å². The van der Waals surface area contributed by atoms with Crippen molar-refractivity contribution in [2.24, 2.45) is 0 Å². The third kappa shape index (κ3) is 32.3. The normalized spacial score (nSPS) is 14.9. The minimum absolute atomic E-state index is 0.00562. The summed E-state index contributed by atoms with van der Waals surface area (Å²) < 4.78 is 61.9. The summed E-state index contributed by atoms with van der Waals surface area (Å²) in [6.07, 6.45) is 2.37. The van der Waals surface area contributed by atoms with Crippen LogP contribution in [0.2, 0.25) is 0 Å². The molecule has 5 amide bonds. The van der Waals surface area contributed by atoms with Crippen LogP contribution in [-0.4, -0.2) is 303 Å². The number of carboxylic acid groups (broad SMARTS) is 2. The summed E-state index contributed by atoms with van der Waals surface area (Å²) in [6, 6.07) is 12.3. The lowest BCUT2D eigenvalue weighted by molar-refractivity contribution is -0.139. The van der Waals surface area contributed by atoms with Gasteiger partial charge in [-0.3, -0.25) is 53.2 Å². The zero-order chi connectivity index (χ0) is 69.5. The van der Waals surface area contributed by atoms with Crippen molar-refractivity contribution in [2.45, 2.75) is 69.6 Å². The number of fused-ring (bicyclic) bond motifs is 1. The Labute approximate surface area is 560 Å². The van der Waals surface area contributed by atoms with E-state index in [-0.39, 0.29) is 158 Å². The molecule has 3 heterocycles. The number of rotatable bonds is 44. The molecule has 12 N–H and O–H groups in total. The molecule has 1 aromatic heterocycles. The van der Waals surface area contributed by atoms with Gasteiger partial charge in [0.05, 0.1) is 70.8 Å². The molecule has 0 saturated carbocycles. The van der Waals surface area contributed by atoms with Gasteiger partial charge in [-0.1, -0.05) is 18.2 Å². The van der Waals surface area contributed by atoms with Gasteiger partial charge in [-0.05, 0) is 98.5 Å². The lowest BCUT2D eigenvalue weighted by atomic mass is 10.0. The number of carboxylic acids is 2. The second-order valence-corrected chi connectivity index (χ2v) is 24.6. The molecule has 2 aromatic carbocycles. The van der Waals surface area contributed by atoms with Crippen LogP contribution in [-0.2, 0) is 81.7 Å². The number of pyridine rings is 1. The first-order valence-electron chi connectivity index (χ1n) is 32.3. The van der Waals surface area contributed by atoms with Crippen LogP contribution in [0.15, 0.2) is 53.4 Å². The van der Waals surface area contributed by atoms with E-state index in [1.807, 2.05) is 28.0 Å². The Morgan fingerprint density at radius 3 is 1.80 bits per heavy atom. The average molecular weight is 1380 g/mol. The van der Waals surface area contributed by atoms with E-state index in [0.29, 0.717) is 83.9 Å². The van der Waals surface area contributed by atoms with Gasteiger partial charge in [0.25, 0.3) is 5.91 Å². The molecule has 5 rings (SSSR count). The molecule has 0 bridgehead atoms. The van der Waals surface area contributed by atoms with Crippen LogP contribution >= 0.6 is 0 Å². The van der Waals surface area contributed by atoms with E-state index in [2.05, 4.69) is 47.6 Å². The Morgan fingerprint density at radius 1 is 0.625 bits per heavy atom. The zero-order valence-electron chi connectivity index (χ0n) is 55.0. The van der Waals surface area contributed by atoms with Gasteiger partial charge < -0.3 is 85.9 Å². The summed E-state index contributed by atoms with van der Waals surface area (Å²) in [7, 11) is -4.39. The molecule has 2 aliphatic rings. The summed E-state index contributed by atoms with van der Waals surface area (Å²) in [5.41, 5.74) is 4.02. The average Bonchev–Trinajstić information content (AvgIpc) is 0.794. The fraction of sp³-hybridized carbons (Fsp3) is 0.619. The molecule has 3 aromatic rings. The van der Waals surface area contributed by atoms with Crippen LogP contribution < -0.4 is 41.4 Å². The summed E-state index contributed by atoms with van der Waals surface area (Å²) in [5.74, 6) is -3.05. The number of aliphatic hydroxyl groups excluding tert-OH is 2. The van der Waals surface area contributed by atoms with Crippen LogP contribution in [0.4, 0.5) is 5.82 Å². The summed E-state index contributed by atoms with van der Waals surface area (Å²) >= 11 is 0. The molecule has 0 radical (unpaired) electrons. The predicted molar refractivity (Wildman–Crippen MR) is 350 cm³/mol.